The summed E-state index contributed by atoms with van der Waals surface area (Å²) in [7, 11) is 0. The maximum atomic E-state index is 6.05. The predicted molar refractivity (Wildman–Crippen MR) is 98.2 cm³/mol. The van der Waals surface area contributed by atoms with Crippen LogP contribution in [0.2, 0.25) is 5.02 Å². The Balaban J connectivity index is 1.77. The maximum Gasteiger partial charge on any atom is 0.0433 e. The van der Waals surface area contributed by atoms with E-state index in [0.29, 0.717) is 6.54 Å². The molecule has 4 N–H and O–H groups in total. The molecule has 0 aliphatic carbocycles. The topological polar surface area (TPSA) is 53.3 Å². The molecule has 122 valence electrons. The molecular formula is C18H23ClN4. The van der Waals surface area contributed by atoms with Crippen molar-refractivity contribution < 1.29 is 0 Å². The van der Waals surface area contributed by atoms with Crippen LogP contribution in [0.5, 0.6) is 0 Å². The van der Waals surface area contributed by atoms with Crippen LogP contribution >= 0.6 is 11.6 Å². The second-order valence-corrected chi connectivity index (χ2v) is 6.16. The van der Waals surface area contributed by atoms with Crippen LogP contribution in [0.3, 0.4) is 0 Å². The first-order valence-corrected chi connectivity index (χ1v) is 8.41. The molecule has 2 aromatic rings. The van der Waals surface area contributed by atoms with Gasteiger partial charge in [0, 0.05) is 61.2 Å². The standard InChI is InChI=1S/C18H23ClN4/c19-15-6-4-14(5-7-15)13-22-17-2-1-3-18(16(17)12-20)23-10-8-21-9-11-23/h1-7,21-22H,8-13,20H2. The molecule has 2 aromatic carbocycles. The third-order valence-electron chi connectivity index (χ3n) is 4.21. The average Bonchev–Trinajstić information content (AvgIpc) is 2.61. The van der Waals surface area contributed by atoms with Crippen LogP contribution < -0.4 is 21.3 Å². The fourth-order valence-corrected chi connectivity index (χ4v) is 3.08. The summed E-state index contributed by atoms with van der Waals surface area (Å²) in [6.07, 6.45) is 0. The van der Waals surface area contributed by atoms with Gasteiger partial charge in [-0.3, -0.25) is 0 Å². The third-order valence-corrected chi connectivity index (χ3v) is 4.46. The van der Waals surface area contributed by atoms with Crippen molar-refractivity contribution in [2.24, 2.45) is 5.73 Å². The van der Waals surface area contributed by atoms with Gasteiger partial charge in [0.05, 0.1) is 0 Å². The van der Waals surface area contributed by atoms with E-state index in [1.165, 1.54) is 16.8 Å². The summed E-state index contributed by atoms with van der Waals surface area (Å²) in [6, 6.07) is 14.3. The molecular weight excluding hydrogens is 308 g/mol. The van der Waals surface area contributed by atoms with E-state index >= 15 is 0 Å². The SMILES string of the molecule is NCc1c(NCc2ccc(Cl)cc2)cccc1N1CCNCC1. The van der Waals surface area contributed by atoms with E-state index in [-0.39, 0.29) is 0 Å². The molecule has 0 bridgehead atoms. The normalized spacial score (nSPS) is 14.8. The highest BCUT2D eigenvalue weighted by Gasteiger charge is 2.15. The molecule has 1 heterocycles. The number of rotatable bonds is 5. The van der Waals surface area contributed by atoms with Gasteiger partial charge in [0.15, 0.2) is 0 Å². The molecule has 0 atom stereocenters. The Hall–Kier alpha value is -1.75. The number of hydrogen-bond donors (Lipinski definition) is 3. The molecule has 0 saturated carbocycles. The van der Waals surface area contributed by atoms with Crippen molar-refractivity contribution in [3.8, 4) is 0 Å². The highest BCUT2D eigenvalue weighted by atomic mass is 35.5. The second kappa shape index (κ2) is 7.68. The molecule has 3 rings (SSSR count). The lowest BCUT2D eigenvalue weighted by atomic mass is 10.1. The van der Waals surface area contributed by atoms with Gasteiger partial charge in [-0.15, -0.1) is 0 Å². The van der Waals surface area contributed by atoms with Gasteiger partial charge in [-0.05, 0) is 29.8 Å². The van der Waals surface area contributed by atoms with Gasteiger partial charge >= 0.3 is 0 Å². The first-order valence-electron chi connectivity index (χ1n) is 8.04. The van der Waals surface area contributed by atoms with Crippen LogP contribution in [0, 0.1) is 0 Å². The molecule has 1 saturated heterocycles. The first kappa shape index (κ1) is 16.1. The number of halogens is 1. The number of benzene rings is 2. The van der Waals surface area contributed by atoms with Crippen molar-refractivity contribution in [3.05, 3.63) is 58.6 Å². The smallest absolute Gasteiger partial charge is 0.0433 e. The van der Waals surface area contributed by atoms with Gasteiger partial charge in [-0.1, -0.05) is 29.8 Å². The summed E-state index contributed by atoms with van der Waals surface area (Å²) in [6.45, 7) is 5.37. The monoisotopic (exact) mass is 330 g/mol. The van der Waals surface area contributed by atoms with Crippen LogP contribution in [0.15, 0.2) is 42.5 Å². The zero-order chi connectivity index (χ0) is 16.1. The van der Waals surface area contributed by atoms with Gasteiger partial charge in [0.1, 0.15) is 0 Å². The molecule has 0 aromatic heterocycles. The fourth-order valence-electron chi connectivity index (χ4n) is 2.96. The van der Waals surface area contributed by atoms with Gasteiger partial charge in [-0.2, -0.15) is 0 Å². The van der Waals surface area contributed by atoms with Crippen molar-refractivity contribution >= 4 is 23.0 Å². The van der Waals surface area contributed by atoms with Crippen LogP contribution in [0.4, 0.5) is 11.4 Å². The van der Waals surface area contributed by atoms with E-state index in [1.807, 2.05) is 24.3 Å². The second-order valence-electron chi connectivity index (χ2n) is 5.72. The summed E-state index contributed by atoms with van der Waals surface area (Å²) in [4.78, 5) is 2.41. The number of nitrogens with one attached hydrogen (secondary N) is 2. The molecule has 0 spiro atoms. The van der Waals surface area contributed by atoms with Crippen LogP contribution in [-0.4, -0.2) is 26.2 Å². The number of hydrogen-bond acceptors (Lipinski definition) is 4. The lowest BCUT2D eigenvalue weighted by Crippen LogP contribution is -2.44. The summed E-state index contributed by atoms with van der Waals surface area (Å²) >= 11 is 5.94. The molecule has 0 unspecified atom stereocenters. The summed E-state index contributed by atoms with van der Waals surface area (Å²) in [5.74, 6) is 0. The number of nitrogens with two attached hydrogens (primary N) is 1. The van der Waals surface area contributed by atoms with Crippen molar-refractivity contribution in [1.82, 2.24) is 5.32 Å². The Kier molecular flexibility index (Phi) is 5.39. The Bertz CT molecular complexity index is 636. The van der Waals surface area contributed by atoms with Crippen molar-refractivity contribution in [1.29, 1.82) is 0 Å². The quantitative estimate of drug-likeness (QED) is 0.789. The summed E-state index contributed by atoms with van der Waals surface area (Å²) in [5, 5.41) is 7.66. The Morgan fingerprint density at radius 2 is 1.83 bits per heavy atom. The predicted octanol–water partition coefficient (Wildman–Crippen LogP) is 2.82. The van der Waals surface area contributed by atoms with Crippen molar-refractivity contribution in [2.45, 2.75) is 13.1 Å². The third kappa shape index (κ3) is 3.96. The highest BCUT2D eigenvalue weighted by molar-refractivity contribution is 6.30. The first-order chi connectivity index (χ1) is 11.3. The Labute approximate surface area is 142 Å². The van der Waals surface area contributed by atoms with Crippen molar-refractivity contribution in [2.75, 3.05) is 36.4 Å². The molecule has 1 aliphatic heterocycles. The fraction of sp³-hybridized carbons (Fsp3) is 0.333. The summed E-state index contributed by atoms with van der Waals surface area (Å²) in [5.41, 5.74) is 10.8. The highest BCUT2D eigenvalue weighted by Crippen LogP contribution is 2.28. The van der Waals surface area contributed by atoms with Gasteiger partial charge in [-0.25, -0.2) is 0 Å². The zero-order valence-electron chi connectivity index (χ0n) is 13.2. The lowest BCUT2D eigenvalue weighted by Gasteiger charge is -2.31. The summed E-state index contributed by atoms with van der Waals surface area (Å²) < 4.78 is 0. The van der Waals surface area contributed by atoms with E-state index in [9.17, 15) is 0 Å². The number of nitrogens with zero attached hydrogens (tertiary/aromatic N) is 1. The molecule has 4 nitrogen and oxygen atoms in total. The van der Waals surface area contributed by atoms with Crippen LogP contribution in [0.1, 0.15) is 11.1 Å². The largest absolute Gasteiger partial charge is 0.381 e. The molecule has 0 radical (unpaired) electrons. The van der Waals surface area contributed by atoms with Crippen LogP contribution in [0.25, 0.3) is 0 Å². The minimum atomic E-state index is 0.531. The van der Waals surface area contributed by atoms with Gasteiger partial charge in [0.2, 0.25) is 0 Å². The average molecular weight is 331 g/mol. The minimum Gasteiger partial charge on any atom is -0.381 e. The molecule has 5 heteroatoms. The van der Waals surface area contributed by atoms with Gasteiger partial charge < -0.3 is 21.3 Å². The van der Waals surface area contributed by atoms with E-state index in [2.05, 4.69) is 33.7 Å². The van der Waals surface area contributed by atoms with Crippen molar-refractivity contribution in [3.63, 3.8) is 0 Å². The number of piperazine rings is 1. The zero-order valence-corrected chi connectivity index (χ0v) is 13.9. The lowest BCUT2D eigenvalue weighted by molar-refractivity contribution is 0.588. The molecule has 1 aliphatic rings. The molecule has 23 heavy (non-hydrogen) atoms. The minimum absolute atomic E-state index is 0.531. The molecule has 0 amide bonds. The van der Waals surface area contributed by atoms with E-state index in [1.54, 1.807) is 0 Å². The Morgan fingerprint density at radius 1 is 1.09 bits per heavy atom. The van der Waals surface area contributed by atoms with E-state index < -0.39 is 0 Å². The van der Waals surface area contributed by atoms with Crippen LogP contribution in [-0.2, 0) is 13.1 Å². The van der Waals surface area contributed by atoms with Gasteiger partial charge in [0.25, 0.3) is 0 Å². The molecule has 1 fully saturated rings. The Morgan fingerprint density at radius 3 is 2.52 bits per heavy atom. The van der Waals surface area contributed by atoms with E-state index in [0.717, 1.165) is 43.4 Å². The van der Waals surface area contributed by atoms with E-state index in [4.69, 9.17) is 17.3 Å². The maximum absolute atomic E-state index is 6.05. The number of anilines is 2.